The average Bonchev–Trinajstić information content (AvgIpc) is 2.40. The minimum Gasteiger partial charge on any atom is -0.367 e. The number of hydrogen-bond acceptors (Lipinski definition) is 3. The predicted molar refractivity (Wildman–Crippen MR) is 82.6 cm³/mol. The zero-order chi connectivity index (χ0) is 14.6. The van der Waals surface area contributed by atoms with Crippen LogP contribution in [-0.2, 0) is 0 Å². The van der Waals surface area contributed by atoms with Crippen molar-refractivity contribution in [3.63, 3.8) is 0 Å². The Morgan fingerprint density at radius 3 is 2.45 bits per heavy atom. The summed E-state index contributed by atoms with van der Waals surface area (Å²) in [5.74, 6) is -0.129. The molecule has 2 N–H and O–H groups in total. The number of rotatable bonds is 5. The lowest BCUT2D eigenvalue weighted by molar-refractivity contribution is 0.199. The molecule has 0 spiro atoms. The minimum atomic E-state index is -0.129. The molecule has 20 heavy (non-hydrogen) atoms. The highest BCUT2D eigenvalue weighted by molar-refractivity contribution is 5.47. The standard InChI is InChI=1S/C16H26FN3/c1-3-8-16(2,18)13-19-9-11-20(12-10-19)15-7-5-4-6-14(15)17/h4-7H,3,8-13,18H2,1-2H3. The Balaban J connectivity index is 1.88. The fourth-order valence-corrected chi connectivity index (χ4v) is 3.02. The Morgan fingerprint density at radius 2 is 1.85 bits per heavy atom. The fourth-order valence-electron chi connectivity index (χ4n) is 3.02. The number of halogens is 1. The van der Waals surface area contributed by atoms with Gasteiger partial charge in [0.25, 0.3) is 0 Å². The lowest BCUT2D eigenvalue weighted by Crippen LogP contribution is -2.54. The van der Waals surface area contributed by atoms with Crippen molar-refractivity contribution >= 4 is 5.69 Å². The van der Waals surface area contributed by atoms with Gasteiger partial charge in [0.05, 0.1) is 5.69 Å². The summed E-state index contributed by atoms with van der Waals surface area (Å²) in [4.78, 5) is 4.52. The molecule has 3 nitrogen and oxygen atoms in total. The van der Waals surface area contributed by atoms with E-state index in [-0.39, 0.29) is 11.4 Å². The quantitative estimate of drug-likeness (QED) is 0.898. The molecule has 1 saturated heterocycles. The summed E-state index contributed by atoms with van der Waals surface area (Å²) < 4.78 is 13.8. The van der Waals surface area contributed by atoms with Crippen LogP contribution in [0.1, 0.15) is 26.7 Å². The molecule has 1 aromatic rings. The monoisotopic (exact) mass is 279 g/mol. The van der Waals surface area contributed by atoms with Gasteiger partial charge in [-0.2, -0.15) is 0 Å². The summed E-state index contributed by atoms with van der Waals surface area (Å²) in [7, 11) is 0. The smallest absolute Gasteiger partial charge is 0.146 e. The molecule has 1 aromatic carbocycles. The van der Waals surface area contributed by atoms with Gasteiger partial charge in [-0.1, -0.05) is 25.5 Å². The second-order valence-corrected chi connectivity index (χ2v) is 6.12. The van der Waals surface area contributed by atoms with Gasteiger partial charge >= 0.3 is 0 Å². The maximum absolute atomic E-state index is 13.8. The fraction of sp³-hybridized carbons (Fsp3) is 0.625. The van der Waals surface area contributed by atoms with Gasteiger partial charge in [-0.3, -0.25) is 4.90 Å². The molecular formula is C16H26FN3. The molecule has 2 rings (SSSR count). The third-order valence-corrected chi connectivity index (χ3v) is 3.97. The molecule has 0 aromatic heterocycles. The van der Waals surface area contributed by atoms with Gasteiger partial charge in [0, 0.05) is 38.3 Å². The van der Waals surface area contributed by atoms with Crippen LogP contribution in [0.3, 0.4) is 0 Å². The van der Waals surface area contributed by atoms with E-state index < -0.39 is 0 Å². The minimum absolute atomic E-state index is 0.116. The summed E-state index contributed by atoms with van der Waals surface area (Å²) in [5.41, 5.74) is 6.92. The summed E-state index contributed by atoms with van der Waals surface area (Å²) in [6, 6.07) is 7.01. The summed E-state index contributed by atoms with van der Waals surface area (Å²) in [6.07, 6.45) is 2.16. The average molecular weight is 279 g/mol. The molecule has 0 radical (unpaired) electrons. The summed E-state index contributed by atoms with van der Waals surface area (Å²) >= 11 is 0. The van der Waals surface area contributed by atoms with E-state index in [4.69, 9.17) is 5.73 Å². The lowest BCUT2D eigenvalue weighted by Gasteiger charge is -2.39. The summed E-state index contributed by atoms with van der Waals surface area (Å²) in [5, 5.41) is 0. The van der Waals surface area contributed by atoms with Gasteiger partial charge in [0.15, 0.2) is 0 Å². The van der Waals surface area contributed by atoms with Crippen LogP contribution in [-0.4, -0.2) is 43.2 Å². The molecule has 0 bridgehead atoms. The first-order chi connectivity index (χ1) is 9.52. The van der Waals surface area contributed by atoms with E-state index in [2.05, 4.69) is 23.6 Å². The zero-order valence-corrected chi connectivity index (χ0v) is 12.6. The molecule has 4 heteroatoms. The molecule has 1 heterocycles. The Kier molecular flexibility index (Phi) is 5.00. The molecular weight excluding hydrogens is 253 g/mol. The van der Waals surface area contributed by atoms with Crippen molar-refractivity contribution in [1.82, 2.24) is 4.90 Å². The maximum atomic E-state index is 13.8. The van der Waals surface area contributed by atoms with E-state index in [1.807, 2.05) is 12.1 Å². The molecule has 0 saturated carbocycles. The van der Waals surface area contributed by atoms with Crippen molar-refractivity contribution in [2.75, 3.05) is 37.6 Å². The molecule has 0 aliphatic carbocycles. The van der Waals surface area contributed by atoms with Crippen LogP contribution in [0.5, 0.6) is 0 Å². The van der Waals surface area contributed by atoms with Gasteiger partial charge in [-0.05, 0) is 25.5 Å². The van der Waals surface area contributed by atoms with Crippen LogP contribution < -0.4 is 10.6 Å². The van der Waals surface area contributed by atoms with Crippen LogP contribution >= 0.6 is 0 Å². The number of benzene rings is 1. The van der Waals surface area contributed by atoms with Crippen LogP contribution in [0.25, 0.3) is 0 Å². The highest BCUT2D eigenvalue weighted by Crippen LogP contribution is 2.21. The van der Waals surface area contributed by atoms with Crippen molar-refractivity contribution in [1.29, 1.82) is 0 Å². The number of hydrogen-bond donors (Lipinski definition) is 1. The van der Waals surface area contributed by atoms with Crippen LogP contribution in [0, 0.1) is 5.82 Å². The molecule has 1 atom stereocenters. The van der Waals surface area contributed by atoms with Crippen molar-refractivity contribution in [2.24, 2.45) is 5.73 Å². The van der Waals surface area contributed by atoms with Crippen LogP contribution in [0.2, 0.25) is 0 Å². The Hall–Kier alpha value is -1.13. The number of para-hydroxylation sites is 1. The van der Waals surface area contributed by atoms with Crippen molar-refractivity contribution in [3.05, 3.63) is 30.1 Å². The van der Waals surface area contributed by atoms with Gasteiger partial charge in [-0.25, -0.2) is 4.39 Å². The number of nitrogens with two attached hydrogens (primary N) is 1. The number of piperazine rings is 1. The Labute approximate surface area is 121 Å². The number of nitrogens with zero attached hydrogens (tertiary/aromatic N) is 2. The predicted octanol–water partition coefficient (Wildman–Crippen LogP) is 2.47. The van der Waals surface area contributed by atoms with Crippen LogP contribution in [0.4, 0.5) is 10.1 Å². The SMILES string of the molecule is CCCC(C)(N)CN1CCN(c2ccccc2F)CC1. The van der Waals surface area contributed by atoms with E-state index in [0.717, 1.165) is 51.3 Å². The molecule has 1 aliphatic heterocycles. The molecule has 1 aliphatic rings. The third kappa shape index (κ3) is 3.93. The zero-order valence-electron chi connectivity index (χ0n) is 12.6. The summed E-state index contributed by atoms with van der Waals surface area (Å²) in [6.45, 7) is 8.84. The van der Waals surface area contributed by atoms with E-state index in [9.17, 15) is 4.39 Å². The highest BCUT2D eigenvalue weighted by atomic mass is 19.1. The van der Waals surface area contributed by atoms with E-state index >= 15 is 0 Å². The topological polar surface area (TPSA) is 32.5 Å². The lowest BCUT2D eigenvalue weighted by atomic mass is 9.96. The second kappa shape index (κ2) is 6.55. The maximum Gasteiger partial charge on any atom is 0.146 e. The first-order valence-electron chi connectivity index (χ1n) is 7.52. The van der Waals surface area contributed by atoms with E-state index in [1.54, 1.807) is 6.07 Å². The van der Waals surface area contributed by atoms with Crippen molar-refractivity contribution in [3.8, 4) is 0 Å². The molecule has 1 fully saturated rings. The normalized spacial score (nSPS) is 19.9. The Morgan fingerprint density at radius 1 is 1.20 bits per heavy atom. The van der Waals surface area contributed by atoms with Crippen molar-refractivity contribution in [2.45, 2.75) is 32.2 Å². The van der Waals surface area contributed by atoms with Gasteiger partial charge < -0.3 is 10.6 Å². The van der Waals surface area contributed by atoms with Gasteiger partial charge in [0.2, 0.25) is 0 Å². The molecule has 0 amide bonds. The van der Waals surface area contributed by atoms with E-state index in [1.165, 1.54) is 6.07 Å². The van der Waals surface area contributed by atoms with Gasteiger partial charge in [0.1, 0.15) is 5.82 Å². The number of anilines is 1. The largest absolute Gasteiger partial charge is 0.367 e. The Bertz CT molecular complexity index is 425. The molecule has 1 unspecified atom stereocenters. The van der Waals surface area contributed by atoms with Crippen LogP contribution in [0.15, 0.2) is 24.3 Å². The molecule has 112 valence electrons. The second-order valence-electron chi connectivity index (χ2n) is 6.12. The highest BCUT2D eigenvalue weighted by Gasteiger charge is 2.25. The van der Waals surface area contributed by atoms with Crippen molar-refractivity contribution < 1.29 is 4.39 Å². The van der Waals surface area contributed by atoms with Gasteiger partial charge in [-0.15, -0.1) is 0 Å². The first kappa shape index (κ1) is 15.3. The third-order valence-electron chi connectivity index (χ3n) is 3.97. The first-order valence-corrected chi connectivity index (χ1v) is 7.52. The van der Waals surface area contributed by atoms with E-state index in [0.29, 0.717) is 0 Å².